The van der Waals surface area contributed by atoms with Crippen LogP contribution in [0.5, 0.6) is 0 Å². The molecule has 0 aliphatic heterocycles. The molecule has 1 aliphatic carbocycles. The van der Waals surface area contributed by atoms with Crippen LogP contribution in [0.15, 0.2) is 97.2 Å². The summed E-state index contributed by atoms with van der Waals surface area (Å²) < 4.78 is 0. The minimum Gasteiger partial charge on any atom is -0.399 e. The Bertz CT molecular complexity index is 1320. The van der Waals surface area contributed by atoms with Gasteiger partial charge < -0.3 is 17.2 Å². The van der Waals surface area contributed by atoms with Crippen molar-refractivity contribution in [1.29, 1.82) is 0 Å². The molecule has 0 radical (unpaired) electrons. The van der Waals surface area contributed by atoms with Gasteiger partial charge in [0.1, 0.15) is 0 Å². The number of hydrogen-bond acceptors (Lipinski definition) is 6. The van der Waals surface area contributed by atoms with Gasteiger partial charge in [0.2, 0.25) is 0 Å². The molecule has 1 heterocycles. The van der Waals surface area contributed by atoms with Crippen molar-refractivity contribution in [2.45, 2.75) is 11.8 Å². The normalized spacial score (nSPS) is 17.8. The van der Waals surface area contributed by atoms with Crippen molar-refractivity contribution in [1.82, 2.24) is 15.4 Å². The Morgan fingerprint density at radius 1 is 0.667 bits per heavy atom. The summed E-state index contributed by atoms with van der Waals surface area (Å²) in [6.45, 7) is 0. The maximum Gasteiger partial charge on any atom is 0.0812 e. The van der Waals surface area contributed by atoms with E-state index in [-0.39, 0.29) is 0 Å². The Labute approximate surface area is 192 Å². The maximum atomic E-state index is 6.01. The van der Waals surface area contributed by atoms with Crippen LogP contribution in [-0.2, 0) is 5.41 Å². The van der Waals surface area contributed by atoms with Crippen molar-refractivity contribution in [3.63, 3.8) is 0 Å². The third-order valence-electron chi connectivity index (χ3n) is 6.11. The summed E-state index contributed by atoms with van der Waals surface area (Å²) in [5.74, 6) is 0. The zero-order valence-electron chi connectivity index (χ0n) is 18.0. The number of nitrogens with two attached hydrogens (primary N) is 3. The highest BCUT2D eigenvalue weighted by molar-refractivity contribution is 5.89. The molecule has 0 amide bonds. The molecule has 5 rings (SSSR count). The number of benzene rings is 3. The van der Waals surface area contributed by atoms with E-state index in [0.717, 1.165) is 39.3 Å². The van der Waals surface area contributed by atoms with Gasteiger partial charge in [0.15, 0.2) is 0 Å². The van der Waals surface area contributed by atoms with Gasteiger partial charge in [-0.05, 0) is 81.9 Å². The molecule has 0 saturated carbocycles. The first-order chi connectivity index (χ1) is 16.0. The molecule has 1 aromatic heterocycles. The molecule has 1 aliphatic rings. The van der Waals surface area contributed by atoms with Crippen molar-refractivity contribution in [2.75, 3.05) is 17.2 Å². The summed E-state index contributed by atoms with van der Waals surface area (Å²) in [7, 11) is 0. The molecule has 4 aromatic rings. The van der Waals surface area contributed by atoms with Crippen LogP contribution in [0.25, 0.3) is 11.1 Å². The minimum atomic E-state index is -0.564. The fourth-order valence-corrected chi connectivity index (χ4v) is 4.38. The van der Waals surface area contributed by atoms with Crippen LogP contribution in [0.2, 0.25) is 0 Å². The molecule has 0 saturated heterocycles. The van der Waals surface area contributed by atoms with Gasteiger partial charge in [0.05, 0.1) is 17.3 Å². The Morgan fingerprint density at radius 2 is 1.24 bits per heavy atom. The first kappa shape index (κ1) is 20.5. The van der Waals surface area contributed by atoms with Gasteiger partial charge in [-0.1, -0.05) is 48.6 Å². The van der Waals surface area contributed by atoms with Crippen LogP contribution in [0.4, 0.5) is 17.1 Å². The van der Waals surface area contributed by atoms with Gasteiger partial charge in [-0.15, -0.1) is 10.2 Å². The van der Waals surface area contributed by atoms with E-state index in [0.29, 0.717) is 12.1 Å². The maximum absolute atomic E-state index is 6.01. The first-order valence-electron chi connectivity index (χ1n) is 10.7. The lowest BCUT2D eigenvalue weighted by molar-refractivity contribution is 0.610. The SMILES string of the molecule is Nc1ccc(C2=CC(c3ccc(N)cc3)(c3ccnnn3)CC(c3ccc(N)cc3)=C2)cc1. The van der Waals surface area contributed by atoms with Gasteiger partial charge in [-0.25, -0.2) is 0 Å². The summed E-state index contributed by atoms with van der Waals surface area (Å²) in [5.41, 5.74) is 25.8. The highest BCUT2D eigenvalue weighted by atomic mass is 15.3. The van der Waals surface area contributed by atoms with Crippen LogP contribution < -0.4 is 17.2 Å². The van der Waals surface area contributed by atoms with E-state index in [9.17, 15) is 0 Å². The van der Waals surface area contributed by atoms with Crippen molar-refractivity contribution in [3.05, 3.63) is 120 Å². The number of nitrogen functional groups attached to an aromatic ring is 3. The quantitative estimate of drug-likeness (QED) is 0.410. The van der Waals surface area contributed by atoms with Gasteiger partial charge in [0.25, 0.3) is 0 Å². The Balaban J connectivity index is 1.76. The Hall–Kier alpha value is -4.45. The lowest BCUT2D eigenvalue weighted by atomic mass is 9.67. The molecule has 6 N–H and O–H groups in total. The fraction of sp³-hybridized carbons (Fsp3) is 0.0741. The molecule has 33 heavy (non-hydrogen) atoms. The Kier molecular flexibility index (Phi) is 5.11. The molecular weight excluding hydrogens is 408 g/mol. The molecule has 0 spiro atoms. The van der Waals surface area contributed by atoms with Crippen molar-refractivity contribution < 1.29 is 0 Å². The molecule has 3 aromatic carbocycles. The van der Waals surface area contributed by atoms with E-state index in [1.54, 1.807) is 6.20 Å². The lowest BCUT2D eigenvalue weighted by Gasteiger charge is -2.35. The summed E-state index contributed by atoms with van der Waals surface area (Å²) in [6, 6.07) is 25.7. The van der Waals surface area contributed by atoms with Gasteiger partial charge in [-0.3, -0.25) is 0 Å². The standard InChI is InChI=1S/C27H24N6/c28-23-7-1-18(2-8-23)20-15-21(19-3-9-24(29)10-4-19)17-27(16-20,26-13-14-31-33-32-26)22-5-11-25(30)12-6-22/h1-16H,17,28-30H2. The number of rotatable bonds is 4. The second kappa shape index (κ2) is 8.24. The molecule has 6 nitrogen and oxygen atoms in total. The highest BCUT2D eigenvalue weighted by Gasteiger charge is 2.38. The second-order valence-corrected chi connectivity index (χ2v) is 8.29. The van der Waals surface area contributed by atoms with Crippen LogP contribution in [0.1, 0.15) is 28.8 Å². The number of allylic oxidation sites excluding steroid dienone is 4. The smallest absolute Gasteiger partial charge is 0.0812 e. The van der Waals surface area contributed by atoms with Crippen molar-refractivity contribution in [2.24, 2.45) is 0 Å². The number of anilines is 3. The third-order valence-corrected chi connectivity index (χ3v) is 6.11. The lowest BCUT2D eigenvalue weighted by Crippen LogP contribution is -2.30. The molecule has 0 bridgehead atoms. The van der Waals surface area contributed by atoms with E-state index >= 15 is 0 Å². The van der Waals surface area contributed by atoms with Crippen LogP contribution in [0.3, 0.4) is 0 Å². The molecule has 6 heteroatoms. The molecule has 0 fully saturated rings. The monoisotopic (exact) mass is 432 g/mol. The average molecular weight is 433 g/mol. The van der Waals surface area contributed by atoms with Crippen molar-refractivity contribution in [3.8, 4) is 0 Å². The van der Waals surface area contributed by atoms with Gasteiger partial charge in [-0.2, -0.15) is 0 Å². The summed E-state index contributed by atoms with van der Waals surface area (Å²) >= 11 is 0. The fourth-order valence-electron chi connectivity index (χ4n) is 4.38. The van der Waals surface area contributed by atoms with E-state index in [1.807, 2.05) is 54.6 Å². The van der Waals surface area contributed by atoms with Crippen LogP contribution in [0, 0.1) is 0 Å². The highest BCUT2D eigenvalue weighted by Crippen LogP contribution is 2.47. The predicted octanol–water partition coefficient (Wildman–Crippen LogP) is 4.48. The molecular formula is C27H24N6. The predicted molar refractivity (Wildman–Crippen MR) is 134 cm³/mol. The number of nitrogens with zero attached hydrogens (tertiary/aromatic N) is 3. The second-order valence-electron chi connectivity index (χ2n) is 8.29. The summed E-state index contributed by atoms with van der Waals surface area (Å²) in [6.07, 6.45) is 6.85. The van der Waals surface area contributed by atoms with E-state index in [4.69, 9.17) is 17.2 Å². The zero-order chi connectivity index (χ0) is 22.8. The van der Waals surface area contributed by atoms with Gasteiger partial charge in [0, 0.05) is 17.1 Å². The Morgan fingerprint density at radius 3 is 1.82 bits per heavy atom. The number of hydrogen-bond donors (Lipinski definition) is 3. The first-order valence-corrected chi connectivity index (χ1v) is 10.7. The van der Waals surface area contributed by atoms with Crippen molar-refractivity contribution >= 4 is 28.2 Å². The van der Waals surface area contributed by atoms with Crippen LogP contribution >= 0.6 is 0 Å². The third kappa shape index (κ3) is 3.94. The van der Waals surface area contributed by atoms with E-state index in [1.165, 1.54) is 5.57 Å². The zero-order valence-corrected chi connectivity index (χ0v) is 18.0. The topological polar surface area (TPSA) is 117 Å². The summed E-state index contributed by atoms with van der Waals surface area (Å²) in [5, 5.41) is 12.3. The van der Waals surface area contributed by atoms with E-state index in [2.05, 4.69) is 51.8 Å². The molecule has 1 unspecified atom stereocenters. The largest absolute Gasteiger partial charge is 0.399 e. The van der Waals surface area contributed by atoms with E-state index < -0.39 is 5.41 Å². The minimum absolute atomic E-state index is 0.564. The average Bonchev–Trinajstić information content (AvgIpc) is 2.85. The summed E-state index contributed by atoms with van der Waals surface area (Å²) in [4.78, 5) is 0. The molecule has 162 valence electrons. The molecule has 1 atom stereocenters. The van der Waals surface area contributed by atoms with Crippen LogP contribution in [-0.4, -0.2) is 15.4 Å². The van der Waals surface area contributed by atoms with Gasteiger partial charge >= 0.3 is 0 Å². The number of aromatic nitrogens is 3.